The molecule has 0 unspecified atom stereocenters. The lowest BCUT2D eigenvalue weighted by molar-refractivity contribution is 0.0507. The number of rotatable bonds is 2. The van der Waals surface area contributed by atoms with Crippen LogP contribution in [0, 0.1) is 0 Å². The summed E-state index contributed by atoms with van der Waals surface area (Å²) in [5.74, 6) is 0.0839. The van der Waals surface area contributed by atoms with Crippen molar-refractivity contribution in [2.75, 3.05) is 6.61 Å². The van der Waals surface area contributed by atoms with Gasteiger partial charge in [0.1, 0.15) is 5.58 Å². The molecule has 0 aliphatic carbocycles. The molecule has 6 heteroatoms. The van der Waals surface area contributed by atoms with Gasteiger partial charge in [-0.25, -0.2) is 4.98 Å². The zero-order chi connectivity index (χ0) is 16.0. The van der Waals surface area contributed by atoms with E-state index in [0.29, 0.717) is 24.3 Å². The molecule has 1 atom stereocenters. The van der Waals surface area contributed by atoms with E-state index in [2.05, 4.69) is 4.98 Å². The Bertz CT molecular complexity index is 847. The van der Waals surface area contributed by atoms with Crippen molar-refractivity contribution in [2.24, 2.45) is 7.05 Å². The Labute approximate surface area is 133 Å². The number of aliphatic hydroxyl groups excluding tert-OH is 1. The zero-order valence-electron chi connectivity index (χ0n) is 12.8. The standard InChI is InChI=1S/C17H17N3O3/c1-19-10-18-13-8-20(12(9-21)7-14(13)19)17(22)16-6-11-4-2-3-5-15(11)23-16/h2-6,10,12,21H,7-9H2,1H3/t12-/m0/s1. The zero-order valence-corrected chi connectivity index (χ0v) is 12.8. The number of benzene rings is 1. The first kappa shape index (κ1) is 14.0. The van der Waals surface area contributed by atoms with Gasteiger partial charge in [0.2, 0.25) is 0 Å². The number of amides is 1. The highest BCUT2D eigenvalue weighted by atomic mass is 16.3. The fourth-order valence-electron chi connectivity index (χ4n) is 3.15. The Morgan fingerprint density at radius 3 is 3.04 bits per heavy atom. The first-order chi connectivity index (χ1) is 11.2. The molecule has 1 aliphatic rings. The van der Waals surface area contributed by atoms with Gasteiger partial charge in [-0.15, -0.1) is 0 Å². The summed E-state index contributed by atoms with van der Waals surface area (Å²) >= 11 is 0. The Morgan fingerprint density at radius 2 is 2.26 bits per heavy atom. The molecule has 0 spiro atoms. The van der Waals surface area contributed by atoms with Gasteiger partial charge >= 0.3 is 0 Å². The minimum atomic E-state index is -0.265. The minimum absolute atomic E-state index is 0.0867. The Balaban J connectivity index is 1.69. The van der Waals surface area contributed by atoms with Gasteiger partial charge in [-0.1, -0.05) is 18.2 Å². The lowest BCUT2D eigenvalue weighted by Crippen LogP contribution is -2.46. The van der Waals surface area contributed by atoms with Crippen molar-refractivity contribution < 1.29 is 14.3 Å². The molecule has 0 saturated carbocycles. The maximum atomic E-state index is 12.8. The molecule has 1 aliphatic heterocycles. The first-order valence-electron chi connectivity index (χ1n) is 7.57. The summed E-state index contributed by atoms with van der Waals surface area (Å²) in [6.45, 7) is 0.299. The molecule has 0 radical (unpaired) electrons. The number of carbonyl (C=O) groups is 1. The minimum Gasteiger partial charge on any atom is -0.451 e. The van der Waals surface area contributed by atoms with Gasteiger partial charge < -0.3 is 19.0 Å². The third kappa shape index (κ3) is 2.22. The van der Waals surface area contributed by atoms with Crippen LogP contribution in [0.4, 0.5) is 0 Å². The fraction of sp³-hybridized carbons (Fsp3) is 0.294. The van der Waals surface area contributed by atoms with E-state index in [1.807, 2.05) is 35.9 Å². The molecule has 3 heterocycles. The number of aromatic nitrogens is 2. The molecule has 23 heavy (non-hydrogen) atoms. The van der Waals surface area contributed by atoms with Crippen LogP contribution >= 0.6 is 0 Å². The fourth-order valence-corrected chi connectivity index (χ4v) is 3.15. The lowest BCUT2D eigenvalue weighted by atomic mass is 10.0. The van der Waals surface area contributed by atoms with E-state index in [0.717, 1.165) is 16.8 Å². The maximum Gasteiger partial charge on any atom is 0.290 e. The van der Waals surface area contributed by atoms with Gasteiger partial charge in [0.25, 0.3) is 5.91 Å². The number of fused-ring (bicyclic) bond motifs is 2. The number of nitrogens with zero attached hydrogens (tertiary/aromatic N) is 3. The van der Waals surface area contributed by atoms with E-state index < -0.39 is 0 Å². The number of aryl methyl sites for hydroxylation is 1. The van der Waals surface area contributed by atoms with Gasteiger partial charge in [0.15, 0.2) is 5.76 Å². The number of hydrogen-bond acceptors (Lipinski definition) is 4. The summed E-state index contributed by atoms with van der Waals surface area (Å²) in [5, 5.41) is 10.6. The summed E-state index contributed by atoms with van der Waals surface area (Å²) in [6.07, 6.45) is 2.34. The highest BCUT2D eigenvalue weighted by molar-refractivity contribution is 5.96. The number of carbonyl (C=O) groups excluding carboxylic acids is 1. The average Bonchev–Trinajstić information content (AvgIpc) is 3.16. The van der Waals surface area contributed by atoms with Gasteiger partial charge in [-0.3, -0.25) is 4.79 Å². The second-order valence-corrected chi connectivity index (χ2v) is 5.87. The van der Waals surface area contributed by atoms with E-state index >= 15 is 0 Å². The van der Waals surface area contributed by atoms with Crippen molar-refractivity contribution in [3.8, 4) is 0 Å². The van der Waals surface area contributed by atoms with E-state index in [9.17, 15) is 9.90 Å². The molecule has 1 amide bonds. The first-order valence-corrected chi connectivity index (χ1v) is 7.57. The lowest BCUT2D eigenvalue weighted by Gasteiger charge is -2.33. The SMILES string of the molecule is Cn1cnc2c1C[C@@H](CO)N(C(=O)c1cc3ccccc3o1)C2. The summed E-state index contributed by atoms with van der Waals surface area (Å²) in [5.41, 5.74) is 2.63. The molecule has 0 saturated heterocycles. The van der Waals surface area contributed by atoms with Crippen molar-refractivity contribution in [1.82, 2.24) is 14.5 Å². The largest absolute Gasteiger partial charge is 0.451 e. The number of furan rings is 1. The topological polar surface area (TPSA) is 71.5 Å². The normalized spacial score (nSPS) is 17.5. The van der Waals surface area contributed by atoms with E-state index in [1.54, 1.807) is 17.3 Å². The molecule has 0 bridgehead atoms. The molecule has 0 fully saturated rings. The molecule has 1 aromatic carbocycles. The Morgan fingerprint density at radius 1 is 1.43 bits per heavy atom. The van der Waals surface area contributed by atoms with E-state index in [4.69, 9.17) is 4.42 Å². The number of hydrogen-bond donors (Lipinski definition) is 1. The molecular weight excluding hydrogens is 294 g/mol. The predicted octanol–water partition coefficient (Wildman–Crippen LogP) is 1.73. The highest BCUT2D eigenvalue weighted by Crippen LogP contribution is 2.26. The van der Waals surface area contributed by atoms with Crippen molar-refractivity contribution in [3.63, 3.8) is 0 Å². The molecule has 1 N–H and O–H groups in total. The van der Waals surface area contributed by atoms with Crippen molar-refractivity contribution in [3.05, 3.63) is 53.8 Å². The Hall–Kier alpha value is -2.60. The van der Waals surface area contributed by atoms with Crippen LogP contribution in [-0.4, -0.2) is 38.1 Å². The summed E-state index contributed by atoms with van der Waals surface area (Å²) in [4.78, 5) is 18.8. The molecule has 4 rings (SSSR count). The van der Waals surface area contributed by atoms with Crippen LogP contribution in [0.15, 0.2) is 41.1 Å². The summed E-state index contributed by atoms with van der Waals surface area (Å²) in [6, 6.07) is 9.01. The van der Waals surface area contributed by atoms with Crippen molar-refractivity contribution in [1.29, 1.82) is 0 Å². The summed E-state index contributed by atoms with van der Waals surface area (Å²) < 4.78 is 7.62. The van der Waals surface area contributed by atoms with Crippen LogP contribution in [0.1, 0.15) is 21.9 Å². The second-order valence-electron chi connectivity index (χ2n) is 5.87. The number of aliphatic hydroxyl groups is 1. The molecule has 3 aromatic rings. The van der Waals surface area contributed by atoms with Crippen LogP contribution < -0.4 is 0 Å². The third-order valence-electron chi connectivity index (χ3n) is 4.44. The average molecular weight is 311 g/mol. The van der Waals surface area contributed by atoms with Gasteiger partial charge in [0.05, 0.1) is 31.2 Å². The predicted molar refractivity (Wildman–Crippen MR) is 83.9 cm³/mol. The maximum absolute atomic E-state index is 12.8. The van der Waals surface area contributed by atoms with E-state index in [-0.39, 0.29) is 18.6 Å². The van der Waals surface area contributed by atoms with Gasteiger partial charge in [-0.2, -0.15) is 0 Å². The quantitative estimate of drug-likeness (QED) is 0.782. The smallest absolute Gasteiger partial charge is 0.290 e. The van der Waals surface area contributed by atoms with E-state index in [1.165, 1.54) is 0 Å². The third-order valence-corrected chi connectivity index (χ3v) is 4.44. The monoisotopic (exact) mass is 311 g/mol. The second kappa shape index (κ2) is 5.24. The molecule has 118 valence electrons. The Kier molecular flexibility index (Phi) is 3.20. The number of para-hydroxylation sites is 1. The van der Waals surface area contributed by atoms with Gasteiger partial charge in [-0.05, 0) is 12.1 Å². The molecular formula is C17H17N3O3. The van der Waals surface area contributed by atoms with Crippen LogP contribution in [0.3, 0.4) is 0 Å². The highest BCUT2D eigenvalue weighted by Gasteiger charge is 2.33. The van der Waals surface area contributed by atoms with Crippen molar-refractivity contribution >= 4 is 16.9 Å². The molecule has 6 nitrogen and oxygen atoms in total. The van der Waals surface area contributed by atoms with Crippen LogP contribution in [0.25, 0.3) is 11.0 Å². The molecule has 2 aromatic heterocycles. The van der Waals surface area contributed by atoms with Gasteiger partial charge in [0, 0.05) is 24.5 Å². The van der Waals surface area contributed by atoms with Crippen molar-refractivity contribution in [2.45, 2.75) is 19.0 Å². The van der Waals surface area contributed by atoms with Crippen LogP contribution in [-0.2, 0) is 20.0 Å². The van der Waals surface area contributed by atoms with Crippen LogP contribution in [0.2, 0.25) is 0 Å². The number of imidazole rings is 1. The van der Waals surface area contributed by atoms with Crippen LogP contribution in [0.5, 0.6) is 0 Å². The summed E-state index contributed by atoms with van der Waals surface area (Å²) in [7, 11) is 1.93.